The van der Waals surface area contributed by atoms with Crippen molar-refractivity contribution in [3.05, 3.63) is 58.9 Å². The molecule has 0 saturated carbocycles. The molecule has 3 aromatic rings. The Morgan fingerprint density at radius 3 is 2.47 bits per heavy atom. The van der Waals surface area contributed by atoms with Crippen LogP contribution in [0.5, 0.6) is 0 Å². The Bertz CT molecular complexity index is 1060. The lowest BCUT2D eigenvalue weighted by molar-refractivity contribution is -0.126. The summed E-state index contributed by atoms with van der Waals surface area (Å²) in [6.07, 6.45) is 3.66. The van der Waals surface area contributed by atoms with Crippen LogP contribution in [0.2, 0.25) is 0 Å². The number of hydrogen-bond acceptors (Lipinski definition) is 8. The van der Waals surface area contributed by atoms with Gasteiger partial charge >= 0.3 is 0 Å². The molecule has 3 amide bonds. The lowest BCUT2D eigenvalue weighted by atomic mass is 10.1. The molecule has 0 aliphatic rings. The molecule has 3 heterocycles. The minimum absolute atomic E-state index is 0.00288. The molecule has 0 aromatic carbocycles. The SMILES string of the molecule is CC(C)CCNC(=O)C(c1ccco1)N(Cc1ccco1)C(=O)c1snc(C(N)=O)c1N. The molecule has 1 atom stereocenters. The number of hydrogen-bond donors (Lipinski definition) is 3. The highest BCUT2D eigenvalue weighted by Gasteiger charge is 2.36. The number of nitrogens with zero attached hydrogens (tertiary/aromatic N) is 2. The van der Waals surface area contributed by atoms with Gasteiger partial charge in [0, 0.05) is 6.54 Å². The predicted octanol–water partition coefficient (Wildman–Crippen LogP) is 2.56. The Labute approximate surface area is 188 Å². The summed E-state index contributed by atoms with van der Waals surface area (Å²) in [5.41, 5.74) is 10.9. The lowest BCUT2D eigenvalue weighted by Gasteiger charge is -2.29. The third-order valence-corrected chi connectivity index (χ3v) is 5.57. The molecule has 11 heteroatoms. The molecule has 0 aliphatic heterocycles. The number of carbonyl (C=O) groups excluding carboxylic acids is 3. The van der Waals surface area contributed by atoms with Gasteiger partial charge in [-0.25, -0.2) is 0 Å². The largest absolute Gasteiger partial charge is 0.467 e. The Kier molecular flexibility index (Phi) is 7.31. The second-order valence-electron chi connectivity index (χ2n) is 7.54. The summed E-state index contributed by atoms with van der Waals surface area (Å²) in [7, 11) is 0. The van der Waals surface area contributed by atoms with E-state index in [1.807, 2.05) is 13.8 Å². The van der Waals surface area contributed by atoms with Gasteiger partial charge in [-0.05, 0) is 48.1 Å². The minimum Gasteiger partial charge on any atom is -0.467 e. The minimum atomic E-state index is -1.10. The van der Waals surface area contributed by atoms with E-state index in [0.29, 0.717) is 18.2 Å². The number of furan rings is 2. The quantitative estimate of drug-likeness (QED) is 0.420. The lowest BCUT2D eigenvalue weighted by Crippen LogP contribution is -2.43. The molecule has 0 bridgehead atoms. The Morgan fingerprint density at radius 2 is 1.91 bits per heavy atom. The van der Waals surface area contributed by atoms with Gasteiger partial charge in [-0.1, -0.05) is 13.8 Å². The van der Waals surface area contributed by atoms with E-state index in [2.05, 4.69) is 9.69 Å². The number of anilines is 1. The fourth-order valence-corrected chi connectivity index (χ4v) is 3.82. The maximum absolute atomic E-state index is 13.6. The van der Waals surface area contributed by atoms with Gasteiger partial charge < -0.3 is 30.5 Å². The normalized spacial score (nSPS) is 12.0. The Morgan fingerprint density at radius 1 is 1.19 bits per heavy atom. The van der Waals surface area contributed by atoms with Crippen LogP contribution in [-0.2, 0) is 11.3 Å². The monoisotopic (exact) mass is 459 g/mol. The van der Waals surface area contributed by atoms with Crippen molar-refractivity contribution in [1.29, 1.82) is 0 Å². The number of nitrogens with one attached hydrogen (secondary N) is 1. The standard InChI is InChI=1S/C21H25N5O5S/c1-12(2)7-8-24-20(28)17(14-6-4-10-31-14)26(11-13-5-3-9-30-13)21(29)18-15(22)16(19(23)27)25-32-18/h3-6,9-10,12,17H,7-8,11,22H2,1-2H3,(H2,23,27)(H,24,28). The van der Waals surface area contributed by atoms with Gasteiger partial charge in [0.2, 0.25) is 0 Å². The molecule has 3 aromatic heterocycles. The third-order valence-electron chi connectivity index (χ3n) is 4.72. The smallest absolute Gasteiger partial charge is 0.270 e. The first-order chi connectivity index (χ1) is 15.3. The van der Waals surface area contributed by atoms with E-state index in [-0.39, 0.29) is 28.6 Å². The highest BCUT2D eigenvalue weighted by Crippen LogP contribution is 2.30. The maximum Gasteiger partial charge on any atom is 0.270 e. The van der Waals surface area contributed by atoms with Crippen molar-refractivity contribution in [2.24, 2.45) is 11.7 Å². The molecule has 10 nitrogen and oxygen atoms in total. The van der Waals surface area contributed by atoms with E-state index < -0.39 is 23.8 Å². The van der Waals surface area contributed by atoms with Gasteiger partial charge in [0.15, 0.2) is 11.7 Å². The zero-order chi connectivity index (χ0) is 23.3. The van der Waals surface area contributed by atoms with Crippen LogP contribution >= 0.6 is 11.5 Å². The number of primary amides is 1. The zero-order valence-corrected chi connectivity index (χ0v) is 18.6. The van der Waals surface area contributed by atoms with Crippen molar-refractivity contribution in [3.8, 4) is 0 Å². The van der Waals surface area contributed by atoms with Crippen molar-refractivity contribution in [2.75, 3.05) is 12.3 Å². The molecule has 170 valence electrons. The molecular weight excluding hydrogens is 434 g/mol. The second-order valence-corrected chi connectivity index (χ2v) is 8.32. The molecule has 0 saturated heterocycles. The van der Waals surface area contributed by atoms with Crippen molar-refractivity contribution >= 4 is 34.9 Å². The first-order valence-electron chi connectivity index (χ1n) is 9.99. The molecule has 1 unspecified atom stereocenters. The third kappa shape index (κ3) is 5.17. The molecule has 0 fully saturated rings. The van der Waals surface area contributed by atoms with Crippen LogP contribution in [0.3, 0.4) is 0 Å². The molecule has 32 heavy (non-hydrogen) atoms. The van der Waals surface area contributed by atoms with E-state index in [1.165, 1.54) is 17.4 Å². The first kappa shape index (κ1) is 23.1. The van der Waals surface area contributed by atoms with Crippen LogP contribution in [0.4, 0.5) is 5.69 Å². The fraction of sp³-hybridized carbons (Fsp3) is 0.333. The molecule has 0 aliphatic carbocycles. The summed E-state index contributed by atoms with van der Waals surface area (Å²) in [6, 6.07) is 5.50. The van der Waals surface area contributed by atoms with E-state index >= 15 is 0 Å². The van der Waals surface area contributed by atoms with Crippen LogP contribution in [0, 0.1) is 5.92 Å². The number of rotatable bonds is 10. The molecule has 0 spiro atoms. The highest BCUT2D eigenvalue weighted by molar-refractivity contribution is 7.09. The molecule has 5 N–H and O–H groups in total. The Hall–Kier alpha value is -3.60. The summed E-state index contributed by atoms with van der Waals surface area (Å²) in [4.78, 5) is 39.6. The van der Waals surface area contributed by atoms with E-state index in [1.54, 1.807) is 24.3 Å². The van der Waals surface area contributed by atoms with Gasteiger partial charge in [-0.15, -0.1) is 0 Å². The first-order valence-corrected chi connectivity index (χ1v) is 10.8. The summed E-state index contributed by atoms with van der Waals surface area (Å²) in [5, 5.41) is 2.87. The number of nitrogen functional groups attached to an aromatic ring is 1. The summed E-state index contributed by atoms with van der Waals surface area (Å²) in [5.74, 6) is -0.761. The number of carbonyl (C=O) groups is 3. The van der Waals surface area contributed by atoms with E-state index in [9.17, 15) is 14.4 Å². The molecule has 3 rings (SSSR count). The number of nitrogens with two attached hydrogens (primary N) is 2. The zero-order valence-electron chi connectivity index (χ0n) is 17.7. The average molecular weight is 460 g/mol. The second kappa shape index (κ2) is 10.1. The van der Waals surface area contributed by atoms with Gasteiger partial charge in [0.05, 0.1) is 24.8 Å². The van der Waals surface area contributed by atoms with Crippen LogP contribution in [0.15, 0.2) is 45.6 Å². The van der Waals surface area contributed by atoms with Gasteiger partial charge in [-0.2, -0.15) is 4.37 Å². The number of aromatic nitrogens is 1. The maximum atomic E-state index is 13.6. The van der Waals surface area contributed by atoms with Crippen molar-refractivity contribution in [1.82, 2.24) is 14.6 Å². The highest BCUT2D eigenvalue weighted by atomic mass is 32.1. The average Bonchev–Trinajstić information content (AvgIpc) is 3.49. The molecule has 0 radical (unpaired) electrons. The topological polar surface area (TPSA) is 158 Å². The van der Waals surface area contributed by atoms with E-state index in [0.717, 1.165) is 18.0 Å². The summed E-state index contributed by atoms with van der Waals surface area (Å²) >= 11 is 0.742. The fourth-order valence-electron chi connectivity index (χ4n) is 3.06. The van der Waals surface area contributed by atoms with Crippen LogP contribution in [-0.4, -0.2) is 33.5 Å². The molecular formula is C21H25N5O5S. The van der Waals surface area contributed by atoms with Crippen LogP contribution < -0.4 is 16.8 Å². The van der Waals surface area contributed by atoms with Crippen molar-refractivity contribution in [2.45, 2.75) is 32.9 Å². The van der Waals surface area contributed by atoms with Gasteiger partial charge in [-0.3, -0.25) is 14.4 Å². The summed E-state index contributed by atoms with van der Waals surface area (Å²) in [6.45, 7) is 4.49. The van der Waals surface area contributed by atoms with Crippen LogP contribution in [0.1, 0.15) is 58.0 Å². The summed E-state index contributed by atoms with van der Waals surface area (Å²) < 4.78 is 14.8. The predicted molar refractivity (Wildman–Crippen MR) is 118 cm³/mol. The van der Waals surface area contributed by atoms with Crippen molar-refractivity contribution < 1.29 is 23.2 Å². The van der Waals surface area contributed by atoms with Gasteiger partial charge in [0.1, 0.15) is 16.4 Å². The van der Waals surface area contributed by atoms with Crippen molar-refractivity contribution in [3.63, 3.8) is 0 Å². The number of amides is 3. The Balaban J connectivity index is 1.99. The van der Waals surface area contributed by atoms with Gasteiger partial charge in [0.25, 0.3) is 17.7 Å². The van der Waals surface area contributed by atoms with Crippen LogP contribution in [0.25, 0.3) is 0 Å². The van der Waals surface area contributed by atoms with E-state index in [4.69, 9.17) is 20.3 Å².